The van der Waals surface area contributed by atoms with E-state index in [9.17, 15) is 9.90 Å². The van der Waals surface area contributed by atoms with Gasteiger partial charge in [-0.3, -0.25) is 4.79 Å². The quantitative estimate of drug-likeness (QED) is 0.844. The second-order valence-corrected chi connectivity index (χ2v) is 6.34. The lowest BCUT2D eigenvalue weighted by Gasteiger charge is -2.32. The van der Waals surface area contributed by atoms with E-state index in [4.69, 9.17) is 0 Å². The number of amides is 1. The van der Waals surface area contributed by atoms with Crippen LogP contribution in [0.5, 0.6) is 0 Å². The minimum absolute atomic E-state index is 0.0456. The summed E-state index contributed by atoms with van der Waals surface area (Å²) in [7, 11) is 0. The zero-order valence-corrected chi connectivity index (χ0v) is 12.0. The summed E-state index contributed by atoms with van der Waals surface area (Å²) in [5.74, 6) is 0.0456. The molecule has 0 aromatic heterocycles. The van der Waals surface area contributed by atoms with E-state index < -0.39 is 0 Å². The Bertz CT molecular complexity index is 462. The third-order valence-electron chi connectivity index (χ3n) is 3.65. The number of β-amino-alcohol motifs (C(OH)–C–C–N with tert-alkyl or cyclic N) is 1. The predicted octanol–water partition coefficient (Wildman–Crippen LogP) is 2.58. The molecule has 1 N–H and O–H groups in total. The van der Waals surface area contributed by atoms with Gasteiger partial charge in [-0.25, -0.2) is 0 Å². The van der Waals surface area contributed by atoms with Gasteiger partial charge in [-0.15, -0.1) is 0 Å². The Morgan fingerprint density at radius 1 is 1.32 bits per heavy atom. The van der Waals surface area contributed by atoms with Gasteiger partial charge in [0, 0.05) is 18.7 Å². The van der Waals surface area contributed by atoms with Crippen molar-refractivity contribution in [3.05, 3.63) is 35.4 Å². The van der Waals surface area contributed by atoms with Crippen molar-refractivity contribution in [3.63, 3.8) is 0 Å². The van der Waals surface area contributed by atoms with Gasteiger partial charge < -0.3 is 10.0 Å². The van der Waals surface area contributed by atoms with Gasteiger partial charge in [0.25, 0.3) is 5.91 Å². The van der Waals surface area contributed by atoms with Crippen molar-refractivity contribution in [2.45, 2.75) is 45.1 Å². The number of rotatable bonds is 1. The molecule has 2 rings (SSSR count). The van der Waals surface area contributed by atoms with Gasteiger partial charge in [0.2, 0.25) is 0 Å². The molecular formula is C16H23NO2. The number of piperidine rings is 1. The molecule has 19 heavy (non-hydrogen) atoms. The molecule has 0 saturated carbocycles. The molecule has 0 unspecified atom stereocenters. The SMILES string of the molecule is CC(C)(C)c1ccccc1C(=O)N1CCC[C@H](O)C1. The molecule has 1 aromatic carbocycles. The molecule has 104 valence electrons. The van der Waals surface area contributed by atoms with Crippen molar-refractivity contribution >= 4 is 5.91 Å². The molecule has 1 atom stereocenters. The Kier molecular flexibility index (Phi) is 3.95. The lowest BCUT2D eigenvalue weighted by atomic mass is 9.83. The van der Waals surface area contributed by atoms with E-state index in [2.05, 4.69) is 20.8 Å². The number of carbonyl (C=O) groups is 1. The van der Waals surface area contributed by atoms with Crippen LogP contribution in [0.2, 0.25) is 0 Å². The average molecular weight is 261 g/mol. The lowest BCUT2D eigenvalue weighted by Crippen LogP contribution is -2.42. The van der Waals surface area contributed by atoms with Gasteiger partial charge >= 0.3 is 0 Å². The molecule has 1 saturated heterocycles. The predicted molar refractivity (Wildman–Crippen MR) is 76.3 cm³/mol. The highest BCUT2D eigenvalue weighted by Crippen LogP contribution is 2.27. The average Bonchev–Trinajstić information content (AvgIpc) is 2.37. The second-order valence-electron chi connectivity index (χ2n) is 6.34. The zero-order chi connectivity index (χ0) is 14.0. The third kappa shape index (κ3) is 3.16. The minimum Gasteiger partial charge on any atom is -0.391 e. The second kappa shape index (κ2) is 5.33. The van der Waals surface area contributed by atoms with Gasteiger partial charge in [-0.05, 0) is 29.9 Å². The largest absolute Gasteiger partial charge is 0.391 e. The first-order chi connectivity index (χ1) is 8.89. The van der Waals surface area contributed by atoms with Crippen LogP contribution in [0.15, 0.2) is 24.3 Å². The molecule has 1 aromatic rings. The topological polar surface area (TPSA) is 40.5 Å². The number of benzene rings is 1. The van der Waals surface area contributed by atoms with Crippen LogP contribution in [-0.2, 0) is 5.41 Å². The van der Waals surface area contributed by atoms with E-state index in [1.807, 2.05) is 24.3 Å². The van der Waals surface area contributed by atoms with Crippen molar-refractivity contribution in [2.24, 2.45) is 0 Å². The molecule has 1 amide bonds. The van der Waals surface area contributed by atoms with Gasteiger partial charge in [-0.2, -0.15) is 0 Å². The Morgan fingerprint density at radius 3 is 2.63 bits per heavy atom. The molecule has 1 aliphatic heterocycles. The summed E-state index contributed by atoms with van der Waals surface area (Å²) in [6.45, 7) is 7.55. The monoisotopic (exact) mass is 261 g/mol. The molecule has 1 fully saturated rings. The van der Waals surface area contributed by atoms with E-state index in [0.717, 1.165) is 30.5 Å². The summed E-state index contributed by atoms with van der Waals surface area (Å²) in [5.41, 5.74) is 1.78. The van der Waals surface area contributed by atoms with Crippen LogP contribution in [-0.4, -0.2) is 35.1 Å². The fourth-order valence-electron chi connectivity index (χ4n) is 2.63. The van der Waals surface area contributed by atoms with Crippen LogP contribution in [0.25, 0.3) is 0 Å². The maximum atomic E-state index is 12.6. The fraction of sp³-hybridized carbons (Fsp3) is 0.562. The van der Waals surface area contributed by atoms with Crippen molar-refractivity contribution in [1.29, 1.82) is 0 Å². The normalized spacial score (nSPS) is 20.4. The van der Waals surface area contributed by atoms with Crippen molar-refractivity contribution in [2.75, 3.05) is 13.1 Å². The Labute approximate surface area is 115 Å². The molecular weight excluding hydrogens is 238 g/mol. The van der Waals surface area contributed by atoms with Crippen LogP contribution in [0, 0.1) is 0 Å². The van der Waals surface area contributed by atoms with E-state index in [-0.39, 0.29) is 17.4 Å². The number of hydrogen-bond donors (Lipinski definition) is 1. The Hall–Kier alpha value is -1.35. The van der Waals surface area contributed by atoms with Crippen LogP contribution in [0.1, 0.15) is 49.5 Å². The molecule has 0 spiro atoms. The summed E-state index contributed by atoms with van der Waals surface area (Å²) in [4.78, 5) is 14.4. The number of aliphatic hydroxyl groups excluding tert-OH is 1. The highest BCUT2D eigenvalue weighted by Gasteiger charge is 2.27. The van der Waals surface area contributed by atoms with E-state index >= 15 is 0 Å². The number of likely N-dealkylation sites (tertiary alicyclic amines) is 1. The smallest absolute Gasteiger partial charge is 0.254 e. The van der Waals surface area contributed by atoms with Crippen LogP contribution >= 0.6 is 0 Å². The maximum absolute atomic E-state index is 12.6. The summed E-state index contributed by atoms with van der Waals surface area (Å²) in [5, 5.41) is 9.71. The highest BCUT2D eigenvalue weighted by molar-refractivity contribution is 5.96. The zero-order valence-electron chi connectivity index (χ0n) is 12.0. The first kappa shape index (κ1) is 14.1. The molecule has 1 aliphatic rings. The third-order valence-corrected chi connectivity index (χ3v) is 3.65. The van der Waals surface area contributed by atoms with E-state index in [0.29, 0.717) is 6.54 Å². The molecule has 3 heteroatoms. The fourth-order valence-corrected chi connectivity index (χ4v) is 2.63. The van der Waals surface area contributed by atoms with Crippen LogP contribution in [0.4, 0.5) is 0 Å². The minimum atomic E-state index is -0.375. The van der Waals surface area contributed by atoms with E-state index in [1.54, 1.807) is 4.90 Å². The highest BCUT2D eigenvalue weighted by atomic mass is 16.3. The van der Waals surface area contributed by atoms with Gasteiger partial charge in [0.05, 0.1) is 6.10 Å². The summed E-state index contributed by atoms with van der Waals surface area (Å²) in [6.07, 6.45) is 1.30. The molecule has 1 heterocycles. The molecule has 0 radical (unpaired) electrons. The lowest BCUT2D eigenvalue weighted by molar-refractivity contribution is 0.0472. The summed E-state index contributed by atoms with van der Waals surface area (Å²) >= 11 is 0. The number of aliphatic hydroxyl groups is 1. The Balaban J connectivity index is 2.29. The maximum Gasteiger partial charge on any atom is 0.254 e. The number of carbonyl (C=O) groups excluding carboxylic acids is 1. The summed E-state index contributed by atoms with van der Waals surface area (Å²) in [6, 6.07) is 7.79. The van der Waals surface area contributed by atoms with Crippen LogP contribution < -0.4 is 0 Å². The molecule has 0 bridgehead atoms. The van der Waals surface area contributed by atoms with Gasteiger partial charge in [-0.1, -0.05) is 39.0 Å². The first-order valence-electron chi connectivity index (χ1n) is 6.96. The molecule has 0 aliphatic carbocycles. The first-order valence-corrected chi connectivity index (χ1v) is 6.96. The number of nitrogens with zero attached hydrogens (tertiary/aromatic N) is 1. The van der Waals surface area contributed by atoms with Crippen LogP contribution in [0.3, 0.4) is 0 Å². The van der Waals surface area contributed by atoms with Crippen molar-refractivity contribution < 1.29 is 9.90 Å². The van der Waals surface area contributed by atoms with Crippen molar-refractivity contribution in [3.8, 4) is 0 Å². The van der Waals surface area contributed by atoms with Crippen molar-refractivity contribution in [1.82, 2.24) is 4.90 Å². The van der Waals surface area contributed by atoms with Gasteiger partial charge in [0.1, 0.15) is 0 Å². The number of hydrogen-bond acceptors (Lipinski definition) is 2. The van der Waals surface area contributed by atoms with Gasteiger partial charge in [0.15, 0.2) is 0 Å². The standard InChI is InChI=1S/C16H23NO2/c1-16(2,3)14-9-5-4-8-13(14)15(19)17-10-6-7-12(18)11-17/h4-5,8-9,12,18H,6-7,10-11H2,1-3H3/t12-/m0/s1. The molecule has 3 nitrogen and oxygen atoms in total. The van der Waals surface area contributed by atoms with E-state index in [1.165, 1.54) is 0 Å². The summed E-state index contributed by atoms with van der Waals surface area (Å²) < 4.78 is 0. The Morgan fingerprint density at radius 2 is 2.00 bits per heavy atom.